The number of ether oxygens (including phenoxy) is 2. The molecule has 0 unspecified atom stereocenters. The van der Waals surface area contributed by atoms with Gasteiger partial charge in [0.1, 0.15) is 0 Å². The zero-order valence-electron chi connectivity index (χ0n) is 10.8. The molecule has 0 radical (unpaired) electrons. The molecule has 1 N–H and O–H groups in total. The average molecular weight is 260 g/mol. The van der Waals surface area contributed by atoms with Gasteiger partial charge < -0.3 is 14.8 Å². The molecule has 0 heterocycles. The average Bonchev–Trinajstić information content (AvgIpc) is 3.21. The summed E-state index contributed by atoms with van der Waals surface area (Å²) >= 11 is 0. The van der Waals surface area contributed by atoms with Gasteiger partial charge in [0.25, 0.3) is 5.91 Å². The summed E-state index contributed by atoms with van der Waals surface area (Å²) in [6, 6.07) is 7.25. The first-order valence-corrected chi connectivity index (χ1v) is 6.32. The van der Waals surface area contributed by atoms with Crippen LogP contribution in [0.4, 0.5) is 0 Å². The fourth-order valence-corrected chi connectivity index (χ4v) is 1.61. The van der Waals surface area contributed by atoms with E-state index in [1.54, 1.807) is 18.2 Å². The fraction of sp³-hybridized carbons (Fsp3) is 0.429. The van der Waals surface area contributed by atoms with Gasteiger partial charge in [0.05, 0.1) is 18.2 Å². The molecule has 1 aromatic carbocycles. The number of carbonyl (C=O) groups excluding carboxylic acids is 1. The van der Waals surface area contributed by atoms with Crippen LogP contribution in [0.15, 0.2) is 18.2 Å². The molecule has 2 rings (SSSR count). The highest BCUT2D eigenvalue weighted by atomic mass is 16.5. The summed E-state index contributed by atoms with van der Waals surface area (Å²) in [5, 5.41) is 11.7. The monoisotopic (exact) mass is 260 g/mol. The minimum Gasteiger partial charge on any atom is -0.490 e. The van der Waals surface area contributed by atoms with Crippen molar-refractivity contribution < 1.29 is 14.3 Å². The molecule has 0 bridgehead atoms. The summed E-state index contributed by atoms with van der Waals surface area (Å²) in [6.45, 7) is 2.28. The highest BCUT2D eigenvalue weighted by Crippen LogP contribution is 2.28. The van der Waals surface area contributed by atoms with Crippen molar-refractivity contribution in [3.05, 3.63) is 23.8 Å². The molecular weight excluding hydrogens is 244 g/mol. The van der Waals surface area contributed by atoms with E-state index in [9.17, 15) is 4.79 Å². The molecule has 5 nitrogen and oxygen atoms in total. The van der Waals surface area contributed by atoms with Crippen LogP contribution < -0.4 is 14.8 Å². The van der Waals surface area contributed by atoms with Crippen molar-refractivity contribution in [1.29, 1.82) is 5.26 Å². The van der Waals surface area contributed by atoms with Crippen molar-refractivity contribution in [3.63, 3.8) is 0 Å². The number of benzene rings is 1. The molecule has 1 fully saturated rings. The Morgan fingerprint density at radius 3 is 2.84 bits per heavy atom. The van der Waals surface area contributed by atoms with E-state index in [1.807, 2.05) is 13.0 Å². The molecule has 0 aliphatic heterocycles. The van der Waals surface area contributed by atoms with Gasteiger partial charge in [-0.1, -0.05) is 0 Å². The molecule has 1 aromatic rings. The van der Waals surface area contributed by atoms with Gasteiger partial charge in [0.2, 0.25) is 0 Å². The maximum absolute atomic E-state index is 11.5. The van der Waals surface area contributed by atoms with Gasteiger partial charge >= 0.3 is 0 Å². The summed E-state index contributed by atoms with van der Waals surface area (Å²) in [7, 11) is 0. The van der Waals surface area contributed by atoms with E-state index in [0.29, 0.717) is 29.7 Å². The smallest absolute Gasteiger partial charge is 0.258 e. The number of hydrogen-bond donors (Lipinski definition) is 1. The SMILES string of the molecule is CCOc1cc(C#N)ccc1OCC(=O)NC1CC1. The van der Waals surface area contributed by atoms with E-state index >= 15 is 0 Å². The van der Waals surface area contributed by atoms with Crippen molar-refractivity contribution in [2.45, 2.75) is 25.8 Å². The van der Waals surface area contributed by atoms with Gasteiger partial charge in [-0.05, 0) is 31.9 Å². The van der Waals surface area contributed by atoms with E-state index in [2.05, 4.69) is 5.32 Å². The third kappa shape index (κ3) is 3.88. The molecule has 0 saturated heterocycles. The summed E-state index contributed by atoms with van der Waals surface area (Å²) < 4.78 is 10.8. The second kappa shape index (κ2) is 6.10. The Morgan fingerprint density at radius 2 is 2.21 bits per heavy atom. The Labute approximate surface area is 112 Å². The third-order valence-corrected chi connectivity index (χ3v) is 2.67. The molecule has 1 amide bonds. The van der Waals surface area contributed by atoms with Crippen LogP contribution in [0.25, 0.3) is 0 Å². The topological polar surface area (TPSA) is 71.3 Å². The summed E-state index contributed by atoms with van der Waals surface area (Å²) in [4.78, 5) is 11.5. The van der Waals surface area contributed by atoms with Crippen molar-refractivity contribution in [2.24, 2.45) is 0 Å². The first-order chi connectivity index (χ1) is 9.22. The van der Waals surface area contributed by atoms with Gasteiger partial charge in [-0.2, -0.15) is 5.26 Å². The molecule has 0 spiro atoms. The fourth-order valence-electron chi connectivity index (χ4n) is 1.61. The zero-order chi connectivity index (χ0) is 13.7. The maximum Gasteiger partial charge on any atom is 0.258 e. The molecule has 1 aliphatic rings. The van der Waals surface area contributed by atoms with Gasteiger partial charge in [0, 0.05) is 12.1 Å². The first kappa shape index (κ1) is 13.2. The second-order valence-corrected chi connectivity index (χ2v) is 4.34. The third-order valence-electron chi connectivity index (χ3n) is 2.67. The molecule has 1 aliphatic carbocycles. The number of amides is 1. The predicted molar refractivity (Wildman–Crippen MR) is 69.0 cm³/mol. The summed E-state index contributed by atoms with van der Waals surface area (Å²) in [5.74, 6) is 0.835. The van der Waals surface area contributed by atoms with Crippen LogP contribution in [0.5, 0.6) is 11.5 Å². The van der Waals surface area contributed by atoms with E-state index in [-0.39, 0.29) is 12.5 Å². The normalized spacial score (nSPS) is 13.5. The van der Waals surface area contributed by atoms with Crippen molar-refractivity contribution in [1.82, 2.24) is 5.32 Å². The van der Waals surface area contributed by atoms with Gasteiger partial charge in [-0.3, -0.25) is 4.79 Å². The van der Waals surface area contributed by atoms with Gasteiger partial charge in [0.15, 0.2) is 18.1 Å². The van der Waals surface area contributed by atoms with Crippen LogP contribution in [0, 0.1) is 11.3 Å². The molecule has 19 heavy (non-hydrogen) atoms. The van der Waals surface area contributed by atoms with Crippen LogP contribution in [-0.2, 0) is 4.79 Å². The van der Waals surface area contributed by atoms with Crippen LogP contribution in [0.3, 0.4) is 0 Å². The highest BCUT2D eigenvalue weighted by molar-refractivity contribution is 5.78. The quantitative estimate of drug-likeness (QED) is 0.843. The van der Waals surface area contributed by atoms with Gasteiger partial charge in [-0.25, -0.2) is 0 Å². The standard InChI is InChI=1S/C14H16N2O3/c1-2-18-13-7-10(8-15)3-6-12(13)19-9-14(17)16-11-4-5-11/h3,6-7,11H,2,4-5,9H2,1H3,(H,16,17). The Balaban J connectivity index is 1.97. The number of nitriles is 1. The zero-order valence-corrected chi connectivity index (χ0v) is 10.8. The van der Waals surface area contributed by atoms with E-state index in [0.717, 1.165) is 12.8 Å². The summed E-state index contributed by atoms with van der Waals surface area (Å²) in [5.41, 5.74) is 0.498. The molecule has 1 saturated carbocycles. The van der Waals surface area contributed by atoms with Gasteiger partial charge in [-0.15, -0.1) is 0 Å². The van der Waals surface area contributed by atoms with Crippen LogP contribution in [-0.4, -0.2) is 25.2 Å². The number of nitrogens with one attached hydrogen (secondary N) is 1. The number of nitrogens with zero attached hydrogens (tertiary/aromatic N) is 1. The summed E-state index contributed by atoms with van der Waals surface area (Å²) in [6.07, 6.45) is 2.10. The van der Waals surface area contributed by atoms with Crippen molar-refractivity contribution in [3.8, 4) is 17.6 Å². The molecule has 0 aromatic heterocycles. The Bertz CT molecular complexity index is 504. The van der Waals surface area contributed by atoms with Crippen LogP contribution >= 0.6 is 0 Å². The molecule has 100 valence electrons. The maximum atomic E-state index is 11.5. The second-order valence-electron chi connectivity index (χ2n) is 4.34. The highest BCUT2D eigenvalue weighted by Gasteiger charge is 2.23. The minimum absolute atomic E-state index is 0.0392. The first-order valence-electron chi connectivity index (χ1n) is 6.32. The molecular formula is C14H16N2O3. The number of hydrogen-bond acceptors (Lipinski definition) is 4. The van der Waals surface area contributed by atoms with Crippen LogP contribution in [0.1, 0.15) is 25.3 Å². The Kier molecular flexibility index (Phi) is 4.24. The predicted octanol–water partition coefficient (Wildman–Crippen LogP) is 1.61. The van der Waals surface area contributed by atoms with E-state index < -0.39 is 0 Å². The largest absolute Gasteiger partial charge is 0.490 e. The van der Waals surface area contributed by atoms with Crippen LogP contribution in [0.2, 0.25) is 0 Å². The van der Waals surface area contributed by atoms with Crippen molar-refractivity contribution >= 4 is 5.91 Å². The lowest BCUT2D eigenvalue weighted by atomic mass is 10.2. The number of carbonyl (C=O) groups is 1. The minimum atomic E-state index is -0.130. The lowest BCUT2D eigenvalue weighted by Gasteiger charge is -2.12. The lowest BCUT2D eigenvalue weighted by molar-refractivity contribution is -0.123. The Hall–Kier alpha value is -2.22. The Morgan fingerprint density at radius 1 is 1.42 bits per heavy atom. The molecule has 0 atom stereocenters. The van der Waals surface area contributed by atoms with E-state index in [1.165, 1.54) is 0 Å². The van der Waals surface area contributed by atoms with E-state index in [4.69, 9.17) is 14.7 Å². The molecule has 5 heteroatoms. The van der Waals surface area contributed by atoms with Crippen molar-refractivity contribution in [2.75, 3.05) is 13.2 Å². The lowest BCUT2D eigenvalue weighted by Crippen LogP contribution is -2.30. The number of rotatable bonds is 6.